The number of aliphatic hydroxyl groups is 2. The first-order valence-corrected chi connectivity index (χ1v) is 37.6. The molecule has 6 nitrogen and oxygen atoms in total. The number of hydrogen-bond donors (Lipinski definition) is 3. The van der Waals surface area contributed by atoms with Gasteiger partial charge in [0.15, 0.2) is 0 Å². The normalized spacial score (nSPS) is 12.6. The lowest BCUT2D eigenvalue weighted by atomic mass is 10.0. The van der Waals surface area contributed by atoms with E-state index in [4.69, 9.17) is 4.74 Å². The number of carbonyl (C=O) groups is 2. The molecule has 486 valence electrons. The molecular formula is C76H147NO5. The predicted molar refractivity (Wildman–Crippen MR) is 361 cm³/mol. The van der Waals surface area contributed by atoms with Crippen molar-refractivity contribution in [3.63, 3.8) is 0 Å². The van der Waals surface area contributed by atoms with E-state index in [9.17, 15) is 19.8 Å². The van der Waals surface area contributed by atoms with E-state index >= 15 is 0 Å². The molecule has 82 heavy (non-hydrogen) atoms. The number of allylic oxidation sites excluding steroid dienone is 3. The van der Waals surface area contributed by atoms with Gasteiger partial charge in [-0.25, -0.2) is 0 Å². The molecule has 0 aliphatic heterocycles. The van der Waals surface area contributed by atoms with Crippen LogP contribution in [0.2, 0.25) is 0 Å². The van der Waals surface area contributed by atoms with E-state index in [-0.39, 0.29) is 18.5 Å². The molecule has 0 radical (unpaired) electrons. The Labute approximate surface area is 513 Å². The average molecular weight is 1160 g/mol. The van der Waals surface area contributed by atoms with Gasteiger partial charge in [-0.1, -0.05) is 378 Å². The van der Waals surface area contributed by atoms with Gasteiger partial charge >= 0.3 is 5.97 Å². The first kappa shape index (κ1) is 80.3. The van der Waals surface area contributed by atoms with E-state index in [2.05, 4.69) is 31.3 Å². The van der Waals surface area contributed by atoms with Crippen molar-refractivity contribution < 1.29 is 24.5 Å². The van der Waals surface area contributed by atoms with E-state index in [0.29, 0.717) is 19.4 Å². The van der Waals surface area contributed by atoms with Crippen LogP contribution in [0, 0.1) is 0 Å². The van der Waals surface area contributed by atoms with E-state index < -0.39 is 12.1 Å². The number of aliphatic hydroxyl groups excluding tert-OH is 2. The van der Waals surface area contributed by atoms with E-state index in [0.717, 1.165) is 38.5 Å². The Balaban J connectivity index is 3.40. The van der Waals surface area contributed by atoms with Crippen LogP contribution in [0.3, 0.4) is 0 Å². The summed E-state index contributed by atoms with van der Waals surface area (Å²) in [4.78, 5) is 24.6. The molecule has 0 rings (SSSR count). The van der Waals surface area contributed by atoms with Crippen molar-refractivity contribution >= 4 is 11.9 Å². The summed E-state index contributed by atoms with van der Waals surface area (Å²) in [6.07, 6.45) is 91.3. The molecule has 0 spiro atoms. The van der Waals surface area contributed by atoms with Gasteiger partial charge in [-0.15, -0.1) is 0 Å². The average Bonchev–Trinajstić information content (AvgIpc) is 3.48. The third-order valence-corrected chi connectivity index (χ3v) is 17.7. The highest BCUT2D eigenvalue weighted by atomic mass is 16.5. The van der Waals surface area contributed by atoms with Gasteiger partial charge in [0, 0.05) is 12.8 Å². The highest BCUT2D eigenvalue weighted by Crippen LogP contribution is 2.19. The lowest BCUT2D eigenvalue weighted by molar-refractivity contribution is -0.143. The third kappa shape index (κ3) is 67.5. The van der Waals surface area contributed by atoms with Gasteiger partial charge in [0.2, 0.25) is 5.91 Å². The SMILES string of the molecule is CCCCCCCCCCCCCCCCCCCCCCC/C=C/C(O)C(CO)NC(=O)CCCCCCCCCCCCC/C=C\CCCCCCCCCCCCCCOC(=O)CCCCCCCCCCCCCCCCC. The van der Waals surface area contributed by atoms with E-state index in [1.54, 1.807) is 6.08 Å². The number of ether oxygens (including phenoxy) is 1. The first-order chi connectivity index (χ1) is 40.5. The van der Waals surface area contributed by atoms with Crippen molar-refractivity contribution in [3.05, 3.63) is 24.3 Å². The first-order valence-electron chi connectivity index (χ1n) is 37.6. The summed E-state index contributed by atoms with van der Waals surface area (Å²) in [6, 6.07) is -0.630. The third-order valence-electron chi connectivity index (χ3n) is 17.7. The van der Waals surface area contributed by atoms with Gasteiger partial charge in [-0.2, -0.15) is 0 Å². The maximum absolute atomic E-state index is 12.5. The highest BCUT2D eigenvalue weighted by Gasteiger charge is 2.18. The van der Waals surface area contributed by atoms with Crippen LogP contribution in [0.25, 0.3) is 0 Å². The van der Waals surface area contributed by atoms with Crippen LogP contribution < -0.4 is 5.32 Å². The smallest absolute Gasteiger partial charge is 0.305 e. The van der Waals surface area contributed by atoms with Crippen LogP contribution in [-0.4, -0.2) is 47.4 Å². The van der Waals surface area contributed by atoms with Crippen molar-refractivity contribution in [2.24, 2.45) is 0 Å². The monoisotopic (exact) mass is 1150 g/mol. The van der Waals surface area contributed by atoms with Crippen LogP contribution in [0.5, 0.6) is 0 Å². The minimum absolute atomic E-state index is 0.0186. The fraction of sp³-hybridized carbons (Fsp3) is 0.921. The molecule has 3 N–H and O–H groups in total. The summed E-state index contributed by atoms with van der Waals surface area (Å²) in [7, 11) is 0. The van der Waals surface area contributed by atoms with E-state index in [1.165, 1.54) is 360 Å². The zero-order valence-electron chi connectivity index (χ0n) is 55.8. The lowest BCUT2D eigenvalue weighted by Crippen LogP contribution is -2.45. The van der Waals surface area contributed by atoms with Crippen molar-refractivity contribution in [2.75, 3.05) is 13.2 Å². The summed E-state index contributed by atoms with van der Waals surface area (Å²) < 4.78 is 5.50. The van der Waals surface area contributed by atoms with Crippen LogP contribution in [0.15, 0.2) is 24.3 Å². The van der Waals surface area contributed by atoms with Gasteiger partial charge in [-0.05, 0) is 57.8 Å². The van der Waals surface area contributed by atoms with Crippen molar-refractivity contribution in [2.45, 2.75) is 437 Å². The van der Waals surface area contributed by atoms with Crippen molar-refractivity contribution in [3.8, 4) is 0 Å². The second-order valence-electron chi connectivity index (χ2n) is 26.0. The number of rotatable bonds is 71. The molecule has 2 atom stereocenters. The van der Waals surface area contributed by atoms with Crippen LogP contribution >= 0.6 is 0 Å². The zero-order chi connectivity index (χ0) is 59.2. The van der Waals surface area contributed by atoms with Gasteiger partial charge < -0.3 is 20.3 Å². The fourth-order valence-corrected chi connectivity index (χ4v) is 12.0. The maximum atomic E-state index is 12.5. The van der Waals surface area contributed by atoms with Gasteiger partial charge in [0.05, 0.1) is 25.4 Å². The predicted octanol–water partition coefficient (Wildman–Crippen LogP) is 24.5. The Hall–Kier alpha value is -1.66. The topological polar surface area (TPSA) is 95.9 Å². The molecule has 0 fully saturated rings. The molecule has 2 unspecified atom stereocenters. The second kappa shape index (κ2) is 71.8. The molecule has 1 amide bonds. The molecule has 0 aliphatic rings. The number of unbranched alkanes of at least 4 members (excludes halogenated alkanes) is 58. The van der Waals surface area contributed by atoms with Crippen molar-refractivity contribution in [1.29, 1.82) is 0 Å². The number of esters is 1. The lowest BCUT2D eigenvalue weighted by Gasteiger charge is -2.20. The van der Waals surface area contributed by atoms with Gasteiger partial charge in [-0.3, -0.25) is 9.59 Å². The minimum atomic E-state index is -0.846. The molecule has 0 aromatic heterocycles. The largest absolute Gasteiger partial charge is 0.466 e. The molecule has 0 saturated heterocycles. The number of nitrogens with one attached hydrogen (secondary N) is 1. The summed E-state index contributed by atoms with van der Waals surface area (Å²) in [6.45, 7) is 4.95. The molecule has 0 saturated carbocycles. The second-order valence-corrected chi connectivity index (χ2v) is 26.0. The Kier molecular flexibility index (Phi) is 70.4. The molecule has 6 heteroatoms. The number of hydrogen-bond acceptors (Lipinski definition) is 5. The Morgan fingerprint density at radius 2 is 0.573 bits per heavy atom. The molecule has 0 bridgehead atoms. The number of amides is 1. The number of carbonyl (C=O) groups excluding carboxylic acids is 2. The molecule has 0 aromatic carbocycles. The Morgan fingerprint density at radius 1 is 0.329 bits per heavy atom. The highest BCUT2D eigenvalue weighted by molar-refractivity contribution is 5.76. The van der Waals surface area contributed by atoms with Crippen molar-refractivity contribution in [1.82, 2.24) is 5.32 Å². The molecular weight excluding hydrogens is 1010 g/mol. The molecule has 0 heterocycles. The van der Waals surface area contributed by atoms with Crippen LogP contribution in [0.1, 0.15) is 425 Å². The molecule has 0 aliphatic carbocycles. The minimum Gasteiger partial charge on any atom is -0.466 e. The Bertz CT molecular complexity index is 1280. The Morgan fingerprint density at radius 3 is 0.866 bits per heavy atom. The molecule has 0 aromatic rings. The standard InChI is InChI=1S/C76H147NO5/c1-3-5-7-9-11-13-15-17-19-20-21-22-28-31-34-37-41-44-48-52-56-60-64-68-74(79)73(72-78)77-75(80)69-65-61-57-53-49-45-42-38-35-32-29-26-24-23-25-27-30-33-36-39-43-47-51-55-59-63-67-71-82-76(81)70-66-62-58-54-50-46-40-18-16-14-12-10-8-6-4-2/h23-24,64,68,73-74,78-79H,3-22,25-63,65-67,69-72H2,1-2H3,(H,77,80)/b24-23-,68-64+. The summed E-state index contributed by atoms with van der Waals surface area (Å²) in [5.41, 5.74) is 0. The zero-order valence-corrected chi connectivity index (χ0v) is 55.8. The quantitative estimate of drug-likeness (QED) is 0.0320. The van der Waals surface area contributed by atoms with Gasteiger partial charge in [0.25, 0.3) is 0 Å². The maximum Gasteiger partial charge on any atom is 0.305 e. The van der Waals surface area contributed by atoms with Crippen LogP contribution in [-0.2, 0) is 14.3 Å². The van der Waals surface area contributed by atoms with E-state index in [1.807, 2.05) is 6.08 Å². The summed E-state index contributed by atoms with van der Waals surface area (Å²) in [5, 5.41) is 23.3. The summed E-state index contributed by atoms with van der Waals surface area (Å²) in [5.74, 6) is -0.0454. The fourth-order valence-electron chi connectivity index (χ4n) is 12.0. The van der Waals surface area contributed by atoms with Crippen LogP contribution in [0.4, 0.5) is 0 Å². The van der Waals surface area contributed by atoms with Gasteiger partial charge in [0.1, 0.15) is 0 Å². The summed E-state index contributed by atoms with van der Waals surface area (Å²) >= 11 is 0.